The quantitative estimate of drug-likeness (QED) is 0.206. The molecular formula is C20H26IN5O2. The average Bonchev–Trinajstić information content (AvgIpc) is 3.39. The molecule has 0 saturated heterocycles. The summed E-state index contributed by atoms with van der Waals surface area (Å²) in [6.07, 6.45) is 4.49. The fraction of sp³-hybridized carbons (Fsp3) is 0.300. The van der Waals surface area contributed by atoms with Crippen LogP contribution in [0.25, 0.3) is 5.69 Å². The summed E-state index contributed by atoms with van der Waals surface area (Å²) < 4.78 is 12.6. The van der Waals surface area contributed by atoms with Crippen molar-refractivity contribution in [1.82, 2.24) is 20.4 Å². The van der Waals surface area contributed by atoms with E-state index < -0.39 is 0 Å². The summed E-state index contributed by atoms with van der Waals surface area (Å²) in [7, 11) is 1.76. The van der Waals surface area contributed by atoms with Crippen LogP contribution < -0.4 is 10.6 Å². The predicted octanol–water partition coefficient (Wildman–Crippen LogP) is 3.36. The maximum absolute atomic E-state index is 5.56. The Labute approximate surface area is 182 Å². The lowest BCUT2D eigenvalue weighted by Gasteiger charge is -2.11. The number of hydrogen-bond acceptors (Lipinski definition) is 4. The summed E-state index contributed by atoms with van der Waals surface area (Å²) in [5.74, 6) is 1.59. The molecule has 3 aromatic rings. The van der Waals surface area contributed by atoms with Gasteiger partial charge in [0.2, 0.25) is 0 Å². The molecule has 0 spiro atoms. The molecule has 0 radical (unpaired) electrons. The average molecular weight is 495 g/mol. The third-order valence-electron chi connectivity index (χ3n) is 3.91. The van der Waals surface area contributed by atoms with Crippen molar-refractivity contribution in [2.45, 2.75) is 19.6 Å². The van der Waals surface area contributed by atoms with E-state index in [9.17, 15) is 0 Å². The van der Waals surface area contributed by atoms with E-state index in [1.807, 2.05) is 59.4 Å². The largest absolute Gasteiger partial charge is 0.467 e. The molecule has 2 N–H and O–H groups in total. The lowest BCUT2D eigenvalue weighted by atomic mass is 10.3. The summed E-state index contributed by atoms with van der Waals surface area (Å²) in [4.78, 5) is 4.23. The molecule has 2 aromatic heterocycles. The zero-order chi connectivity index (χ0) is 18.7. The fourth-order valence-electron chi connectivity index (χ4n) is 2.52. The van der Waals surface area contributed by atoms with Crippen molar-refractivity contribution in [3.8, 4) is 5.69 Å². The highest BCUT2D eigenvalue weighted by Crippen LogP contribution is 2.06. The Balaban J connectivity index is 0.00000280. The van der Waals surface area contributed by atoms with E-state index in [4.69, 9.17) is 9.15 Å². The molecule has 150 valence electrons. The number of nitrogens with one attached hydrogen (secondary N) is 2. The van der Waals surface area contributed by atoms with Gasteiger partial charge < -0.3 is 19.8 Å². The predicted molar refractivity (Wildman–Crippen MR) is 120 cm³/mol. The van der Waals surface area contributed by atoms with E-state index in [-0.39, 0.29) is 24.0 Å². The SMILES string of the molecule is CN=C(NCCCOCc1ccco1)NCc1ccn(-c2ccccc2)n1.I. The lowest BCUT2D eigenvalue weighted by molar-refractivity contribution is 0.105. The van der Waals surface area contributed by atoms with Gasteiger partial charge in [0.1, 0.15) is 12.4 Å². The smallest absolute Gasteiger partial charge is 0.191 e. The maximum atomic E-state index is 5.56. The van der Waals surface area contributed by atoms with Crippen LogP contribution in [0.3, 0.4) is 0 Å². The number of ether oxygens (including phenoxy) is 1. The van der Waals surface area contributed by atoms with Gasteiger partial charge >= 0.3 is 0 Å². The number of nitrogens with zero attached hydrogens (tertiary/aromatic N) is 3. The van der Waals surface area contributed by atoms with Crippen molar-refractivity contribution in [3.63, 3.8) is 0 Å². The molecule has 7 nitrogen and oxygen atoms in total. The molecule has 28 heavy (non-hydrogen) atoms. The number of benzene rings is 1. The highest BCUT2D eigenvalue weighted by molar-refractivity contribution is 14.0. The standard InChI is InChI=1S/C20H25N5O2.HI/c1-21-20(22-11-6-13-26-16-19-9-5-14-27-19)23-15-17-10-12-25(24-17)18-7-3-2-4-8-18;/h2-5,7-10,12,14H,6,11,13,15-16H2,1H3,(H2,21,22,23);1H. The fourth-order valence-corrected chi connectivity index (χ4v) is 2.52. The minimum absolute atomic E-state index is 0. The zero-order valence-corrected chi connectivity index (χ0v) is 18.2. The number of aliphatic imine (C=N–C) groups is 1. The summed E-state index contributed by atoms with van der Waals surface area (Å²) in [6.45, 7) is 2.54. The Morgan fingerprint density at radius 2 is 2.00 bits per heavy atom. The van der Waals surface area contributed by atoms with Crippen molar-refractivity contribution in [2.75, 3.05) is 20.2 Å². The number of hydrogen-bond donors (Lipinski definition) is 2. The van der Waals surface area contributed by atoms with E-state index in [2.05, 4.69) is 20.7 Å². The highest BCUT2D eigenvalue weighted by atomic mass is 127. The minimum Gasteiger partial charge on any atom is -0.467 e. The van der Waals surface area contributed by atoms with Crippen LogP contribution in [0.2, 0.25) is 0 Å². The molecule has 0 aliphatic carbocycles. The molecule has 1 aromatic carbocycles. The van der Waals surface area contributed by atoms with Crippen LogP contribution in [-0.4, -0.2) is 35.9 Å². The second kappa shape index (κ2) is 12.2. The van der Waals surface area contributed by atoms with E-state index in [0.29, 0.717) is 19.8 Å². The van der Waals surface area contributed by atoms with Crippen molar-refractivity contribution in [3.05, 3.63) is 72.4 Å². The molecule has 2 heterocycles. The molecular weight excluding hydrogens is 469 g/mol. The molecule has 0 aliphatic rings. The Morgan fingerprint density at radius 3 is 2.75 bits per heavy atom. The lowest BCUT2D eigenvalue weighted by Crippen LogP contribution is -2.37. The van der Waals surface area contributed by atoms with Crippen LogP contribution in [0.15, 0.2) is 70.4 Å². The first-order chi connectivity index (χ1) is 13.3. The van der Waals surface area contributed by atoms with Crippen molar-refractivity contribution < 1.29 is 9.15 Å². The maximum Gasteiger partial charge on any atom is 0.191 e. The number of para-hydroxylation sites is 1. The second-order valence-electron chi connectivity index (χ2n) is 5.93. The third-order valence-corrected chi connectivity index (χ3v) is 3.91. The molecule has 0 aliphatic heterocycles. The van der Waals surface area contributed by atoms with E-state index >= 15 is 0 Å². The van der Waals surface area contributed by atoms with Crippen molar-refractivity contribution in [2.24, 2.45) is 4.99 Å². The first-order valence-electron chi connectivity index (χ1n) is 9.00. The molecule has 0 amide bonds. The highest BCUT2D eigenvalue weighted by Gasteiger charge is 2.03. The number of guanidine groups is 1. The van der Waals surface area contributed by atoms with Gasteiger partial charge in [0.15, 0.2) is 5.96 Å². The Kier molecular flexibility index (Phi) is 9.56. The number of halogens is 1. The number of aromatic nitrogens is 2. The molecule has 8 heteroatoms. The Morgan fingerprint density at radius 1 is 1.14 bits per heavy atom. The van der Waals surface area contributed by atoms with Crippen LogP contribution in [0, 0.1) is 0 Å². The van der Waals surface area contributed by atoms with E-state index in [1.54, 1.807) is 13.3 Å². The third kappa shape index (κ3) is 7.01. The van der Waals surface area contributed by atoms with Gasteiger partial charge in [-0.25, -0.2) is 4.68 Å². The molecule has 0 atom stereocenters. The molecule has 3 rings (SSSR count). The molecule has 0 unspecified atom stereocenters. The van der Waals surface area contributed by atoms with E-state index in [0.717, 1.165) is 36.1 Å². The van der Waals surface area contributed by atoms with Gasteiger partial charge in [-0.15, -0.1) is 24.0 Å². The van der Waals surface area contributed by atoms with Crippen LogP contribution in [-0.2, 0) is 17.9 Å². The normalized spacial score (nSPS) is 11.1. The van der Waals surface area contributed by atoms with Gasteiger partial charge in [0.05, 0.1) is 24.2 Å². The monoisotopic (exact) mass is 495 g/mol. The van der Waals surface area contributed by atoms with Crippen molar-refractivity contribution in [1.29, 1.82) is 0 Å². The zero-order valence-electron chi connectivity index (χ0n) is 15.9. The van der Waals surface area contributed by atoms with Gasteiger partial charge in [0, 0.05) is 26.4 Å². The Hall–Kier alpha value is -2.33. The molecule has 0 fully saturated rings. The summed E-state index contributed by atoms with van der Waals surface area (Å²) in [6, 6.07) is 15.8. The van der Waals surface area contributed by atoms with Gasteiger partial charge in [-0.1, -0.05) is 18.2 Å². The second-order valence-corrected chi connectivity index (χ2v) is 5.93. The van der Waals surface area contributed by atoms with Gasteiger partial charge in [-0.3, -0.25) is 4.99 Å². The number of rotatable bonds is 9. The van der Waals surface area contributed by atoms with Gasteiger partial charge in [0.25, 0.3) is 0 Å². The first kappa shape index (κ1) is 22.0. The first-order valence-corrected chi connectivity index (χ1v) is 9.00. The Bertz CT molecular complexity index is 818. The van der Waals surface area contributed by atoms with Crippen LogP contribution in [0.4, 0.5) is 0 Å². The van der Waals surface area contributed by atoms with E-state index in [1.165, 1.54) is 0 Å². The van der Waals surface area contributed by atoms with Crippen LogP contribution in [0.5, 0.6) is 0 Å². The molecule has 0 bridgehead atoms. The minimum atomic E-state index is 0. The topological polar surface area (TPSA) is 76.6 Å². The van der Waals surface area contributed by atoms with Crippen LogP contribution >= 0.6 is 24.0 Å². The molecule has 0 saturated carbocycles. The summed E-state index contributed by atoms with van der Waals surface area (Å²) >= 11 is 0. The van der Waals surface area contributed by atoms with Gasteiger partial charge in [-0.2, -0.15) is 5.10 Å². The summed E-state index contributed by atoms with van der Waals surface area (Å²) in [5, 5.41) is 11.1. The number of furan rings is 1. The van der Waals surface area contributed by atoms with Crippen molar-refractivity contribution >= 4 is 29.9 Å². The summed E-state index contributed by atoms with van der Waals surface area (Å²) in [5.41, 5.74) is 1.99. The van der Waals surface area contributed by atoms with Gasteiger partial charge in [-0.05, 0) is 36.8 Å². The van der Waals surface area contributed by atoms with Crippen LogP contribution in [0.1, 0.15) is 17.9 Å².